The van der Waals surface area contributed by atoms with Gasteiger partial charge in [-0.05, 0) is 43.2 Å². The fourth-order valence-corrected chi connectivity index (χ4v) is 4.94. The summed E-state index contributed by atoms with van der Waals surface area (Å²) in [5, 5.41) is 0. The van der Waals surface area contributed by atoms with Gasteiger partial charge in [0.05, 0.1) is 19.2 Å². The van der Waals surface area contributed by atoms with Gasteiger partial charge in [-0.1, -0.05) is 36.4 Å². The Balaban J connectivity index is 1.23. The lowest BCUT2D eigenvalue weighted by Gasteiger charge is -2.25. The molecule has 2 aliphatic heterocycles. The predicted molar refractivity (Wildman–Crippen MR) is 133 cm³/mol. The van der Waals surface area contributed by atoms with Crippen LogP contribution >= 0.6 is 0 Å². The summed E-state index contributed by atoms with van der Waals surface area (Å²) in [6.45, 7) is 1.68. The first-order chi connectivity index (χ1) is 17.1. The van der Waals surface area contributed by atoms with Gasteiger partial charge in [-0.25, -0.2) is 4.79 Å². The molecule has 2 fully saturated rings. The number of hydrogen-bond acceptors (Lipinski definition) is 5. The average molecular weight is 472 g/mol. The molecule has 180 valence electrons. The zero-order chi connectivity index (χ0) is 24.3. The number of anilines is 1. The molecule has 1 spiro atoms. The second kappa shape index (κ2) is 9.78. The molecule has 2 aliphatic rings. The van der Waals surface area contributed by atoms with Crippen LogP contribution in [0.15, 0.2) is 72.9 Å². The number of aromatic nitrogens is 1. The van der Waals surface area contributed by atoms with Crippen molar-refractivity contribution in [2.75, 3.05) is 31.6 Å². The maximum Gasteiger partial charge on any atom is 0.415 e. The molecular weight excluding hydrogens is 442 g/mol. The number of pyridine rings is 1. The van der Waals surface area contributed by atoms with Crippen LogP contribution in [0.5, 0.6) is 5.75 Å². The van der Waals surface area contributed by atoms with E-state index in [4.69, 9.17) is 9.47 Å². The number of carbonyl (C=O) groups excluding carboxylic acids is 2. The second-order valence-corrected chi connectivity index (χ2v) is 9.15. The number of methoxy groups -OCH3 is 1. The fraction of sp³-hybridized carbons (Fsp3) is 0.321. The number of ether oxygens (including phenoxy) is 2. The number of nitrogens with zero attached hydrogens (tertiary/aromatic N) is 3. The zero-order valence-corrected chi connectivity index (χ0v) is 19.9. The number of benzene rings is 2. The Morgan fingerprint density at radius 1 is 1.03 bits per heavy atom. The Bertz CT molecular complexity index is 1200. The van der Waals surface area contributed by atoms with Gasteiger partial charge in [-0.2, -0.15) is 0 Å². The highest BCUT2D eigenvalue weighted by Gasteiger charge is 2.46. The predicted octanol–water partition coefficient (Wildman–Crippen LogP) is 4.70. The first kappa shape index (κ1) is 22.9. The van der Waals surface area contributed by atoms with Crippen LogP contribution in [0.4, 0.5) is 10.5 Å². The van der Waals surface area contributed by atoms with Crippen molar-refractivity contribution in [2.45, 2.75) is 31.3 Å². The van der Waals surface area contributed by atoms with Gasteiger partial charge in [0, 0.05) is 49.1 Å². The first-order valence-electron chi connectivity index (χ1n) is 12.0. The average Bonchev–Trinajstić information content (AvgIpc) is 3.08. The van der Waals surface area contributed by atoms with Gasteiger partial charge in [0.25, 0.3) is 5.91 Å². The number of para-hydroxylation sites is 2. The van der Waals surface area contributed by atoms with Gasteiger partial charge in [-0.3, -0.25) is 14.7 Å². The minimum absolute atomic E-state index is 0.0392. The third-order valence-electron chi connectivity index (χ3n) is 6.86. The zero-order valence-electron chi connectivity index (χ0n) is 19.9. The highest BCUT2D eigenvalue weighted by Crippen LogP contribution is 2.36. The van der Waals surface area contributed by atoms with E-state index in [0.29, 0.717) is 38.0 Å². The Morgan fingerprint density at radius 2 is 1.83 bits per heavy atom. The molecule has 2 aromatic carbocycles. The molecule has 0 saturated carbocycles. The molecule has 5 rings (SSSR count). The van der Waals surface area contributed by atoms with Gasteiger partial charge >= 0.3 is 6.09 Å². The number of likely N-dealkylation sites (tertiary alicyclic amines) is 1. The van der Waals surface area contributed by atoms with Crippen molar-refractivity contribution in [2.24, 2.45) is 0 Å². The molecule has 1 unspecified atom stereocenters. The monoisotopic (exact) mass is 471 g/mol. The molecule has 1 aromatic heterocycles. The van der Waals surface area contributed by atoms with E-state index in [9.17, 15) is 9.59 Å². The van der Waals surface area contributed by atoms with Crippen molar-refractivity contribution in [3.05, 3.63) is 89.7 Å². The highest BCUT2D eigenvalue weighted by atomic mass is 16.6. The minimum Gasteiger partial charge on any atom is -0.496 e. The topological polar surface area (TPSA) is 72.0 Å². The maximum absolute atomic E-state index is 13.2. The first-order valence-corrected chi connectivity index (χ1v) is 12.0. The number of carbonyl (C=O) groups is 2. The molecule has 3 aromatic rings. The Hall–Kier alpha value is -3.87. The van der Waals surface area contributed by atoms with E-state index in [1.165, 1.54) is 0 Å². The summed E-state index contributed by atoms with van der Waals surface area (Å²) < 4.78 is 11.3. The summed E-state index contributed by atoms with van der Waals surface area (Å²) in [6, 6.07) is 21.2. The van der Waals surface area contributed by atoms with Gasteiger partial charge in [0.15, 0.2) is 0 Å². The van der Waals surface area contributed by atoms with Crippen molar-refractivity contribution >= 4 is 17.7 Å². The highest BCUT2D eigenvalue weighted by molar-refractivity contribution is 5.94. The van der Waals surface area contributed by atoms with E-state index in [1.807, 2.05) is 71.6 Å². The largest absolute Gasteiger partial charge is 0.496 e. The van der Waals surface area contributed by atoms with E-state index in [1.54, 1.807) is 18.2 Å². The smallest absolute Gasteiger partial charge is 0.415 e. The van der Waals surface area contributed by atoms with E-state index in [0.717, 1.165) is 35.5 Å². The maximum atomic E-state index is 13.2. The molecule has 0 N–H and O–H groups in total. The van der Waals surface area contributed by atoms with E-state index in [-0.39, 0.29) is 12.0 Å². The van der Waals surface area contributed by atoms with Crippen LogP contribution in [0.1, 0.15) is 40.9 Å². The molecule has 1 atom stereocenters. The third kappa shape index (κ3) is 4.85. The summed E-state index contributed by atoms with van der Waals surface area (Å²) in [5.74, 6) is 0.786. The van der Waals surface area contributed by atoms with Gasteiger partial charge in [0.2, 0.25) is 0 Å². The fourth-order valence-electron chi connectivity index (χ4n) is 4.94. The lowest BCUT2D eigenvalue weighted by atomic mass is 9.95. The van der Waals surface area contributed by atoms with Crippen LogP contribution in [0, 0.1) is 0 Å². The Morgan fingerprint density at radius 3 is 2.60 bits per heavy atom. The van der Waals surface area contributed by atoms with E-state index in [2.05, 4.69) is 4.98 Å². The molecule has 0 radical (unpaired) electrons. The normalized spacial score (nSPS) is 20.0. The van der Waals surface area contributed by atoms with Crippen molar-refractivity contribution in [3.63, 3.8) is 0 Å². The van der Waals surface area contributed by atoms with Gasteiger partial charge in [-0.15, -0.1) is 0 Å². The van der Waals surface area contributed by atoms with Crippen LogP contribution in [-0.4, -0.2) is 54.2 Å². The number of amides is 2. The molecule has 0 aliphatic carbocycles. The van der Waals surface area contributed by atoms with Crippen molar-refractivity contribution in [3.8, 4) is 5.75 Å². The molecule has 0 bridgehead atoms. The van der Waals surface area contributed by atoms with Crippen molar-refractivity contribution in [1.29, 1.82) is 0 Å². The number of hydrogen-bond donors (Lipinski definition) is 0. The quantitative estimate of drug-likeness (QED) is 0.539. The Labute approximate surface area is 205 Å². The minimum atomic E-state index is -0.557. The molecule has 7 nitrogen and oxygen atoms in total. The molecule has 3 heterocycles. The lowest BCUT2D eigenvalue weighted by molar-refractivity contribution is 0.0438. The SMILES string of the molecule is COc1ccccc1Cc1ccc(C(=O)N2CCCC3(CC2)CN(c2ccccc2)C(=O)O3)cn1. The summed E-state index contributed by atoms with van der Waals surface area (Å²) in [4.78, 5) is 33.9. The summed E-state index contributed by atoms with van der Waals surface area (Å²) >= 11 is 0. The van der Waals surface area contributed by atoms with E-state index >= 15 is 0 Å². The molecule has 2 saturated heterocycles. The standard InChI is InChI=1S/C28H29N3O4/c1-34-25-11-6-5-8-21(25)18-23-13-12-22(19-29-23)26(32)30-16-7-14-28(15-17-30)20-31(27(33)35-28)24-9-3-2-4-10-24/h2-6,8-13,19H,7,14-18,20H2,1H3. The summed E-state index contributed by atoms with van der Waals surface area (Å²) in [5.41, 5.74) is 2.78. The van der Waals surface area contributed by atoms with Gasteiger partial charge in [0.1, 0.15) is 11.4 Å². The van der Waals surface area contributed by atoms with Crippen LogP contribution in [0.3, 0.4) is 0 Å². The number of rotatable bonds is 5. The van der Waals surface area contributed by atoms with Crippen molar-refractivity contribution < 1.29 is 19.1 Å². The van der Waals surface area contributed by atoms with E-state index < -0.39 is 5.60 Å². The van der Waals surface area contributed by atoms with Crippen LogP contribution in [0.25, 0.3) is 0 Å². The van der Waals surface area contributed by atoms with Crippen LogP contribution in [-0.2, 0) is 11.2 Å². The lowest BCUT2D eigenvalue weighted by Crippen LogP contribution is -2.37. The third-order valence-corrected chi connectivity index (χ3v) is 6.86. The molecule has 2 amide bonds. The van der Waals surface area contributed by atoms with Crippen LogP contribution < -0.4 is 9.64 Å². The second-order valence-electron chi connectivity index (χ2n) is 9.15. The van der Waals surface area contributed by atoms with Crippen LogP contribution in [0.2, 0.25) is 0 Å². The molecule has 7 heteroatoms. The Kier molecular flexibility index (Phi) is 6.40. The van der Waals surface area contributed by atoms with Gasteiger partial charge < -0.3 is 14.4 Å². The molecular formula is C28H29N3O4. The molecule has 35 heavy (non-hydrogen) atoms. The summed E-state index contributed by atoms with van der Waals surface area (Å²) in [6.07, 6.45) is 4.11. The van der Waals surface area contributed by atoms with Crippen molar-refractivity contribution in [1.82, 2.24) is 9.88 Å². The summed E-state index contributed by atoms with van der Waals surface area (Å²) in [7, 11) is 1.66.